The van der Waals surface area contributed by atoms with E-state index in [0.717, 1.165) is 24.2 Å². The lowest BCUT2D eigenvalue weighted by Gasteiger charge is -2.50. The van der Waals surface area contributed by atoms with Crippen molar-refractivity contribution in [2.75, 3.05) is 19.7 Å². The van der Waals surface area contributed by atoms with Gasteiger partial charge in [0.2, 0.25) is 0 Å². The van der Waals surface area contributed by atoms with Crippen LogP contribution in [0.3, 0.4) is 0 Å². The number of hydrogen-bond acceptors (Lipinski definition) is 5. The first kappa shape index (κ1) is 23.8. The Morgan fingerprint density at radius 2 is 1.57 bits per heavy atom. The number of carbonyl (C=O) groups excluding carboxylic acids is 2. The van der Waals surface area contributed by atoms with Crippen molar-refractivity contribution in [2.45, 2.75) is 78.0 Å². The fraction of sp³-hybridized carbons (Fsp3) is 0.652. The van der Waals surface area contributed by atoms with Gasteiger partial charge in [-0.1, -0.05) is 25.5 Å². The number of ether oxygens (including phenoxy) is 3. The molecule has 1 aromatic rings. The minimum atomic E-state index is -0.735. The molecule has 0 atom stereocenters. The third kappa shape index (κ3) is 6.82. The molecule has 1 fully saturated rings. The standard InChI is InChI=1S/C23H36N2O5/c1-8-9-14-28-18-12-10-17(11-13-18)23(24-19(26)29-21(2,3)4)15-25(16-23)20(27)30-22(5,6)7/h10-13H,8-9,14-16H2,1-7H3,(H,24,26). The Morgan fingerprint density at radius 3 is 2.07 bits per heavy atom. The summed E-state index contributed by atoms with van der Waals surface area (Å²) in [6.45, 7) is 14.3. The molecule has 1 saturated heterocycles. The Morgan fingerprint density at radius 1 is 1.00 bits per heavy atom. The minimum absolute atomic E-state index is 0.303. The monoisotopic (exact) mass is 420 g/mol. The summed E-state index contributed by atoms with van der Waals surface area (Å²) in [4.78, 5) is 26.5. The number of hydrogen-bond donors (Lipinski definition) is 1. The van der Waals surface area contributed by atoms with Gasteiger partial charge < -0.3 is 24.4 Å². The van der Waals surface area contributed by atoms with Gasteiger partial charge in [-0.2, -0.15) is 0 Å². The predicted octanol–water partition coefficient (Wildman–Crippen LogP) is 4.84. The molecule has 0 spiro atoms. The highest BCUT2D eigenvalue weighted by atomic mass is 16.6. The molecule has 1 aliphatic heterocycles. The fourth-order valence-corrected chi connectivity index (χ4v) is 3.10. The molecule has 0 unspecified atom stereocenters. The Balaban J connectivity index is 2.15. The molecule has 1 aliphatic rings. The van der Waals surface area contributed by atoms with Crippen LogP contribution in [0.4, 0.5) is 9.59 Å². The minimum Gasteiger partial charge on any atom is -0.494 e. The van der Waals surface area contributed by atoms with E-state index in [1.807, 2.05) is 65.8 Å². The second kappa shape index (κ2) is 9.14. The van der Waals surface area contributed by atoms with Gasteiger partial charge in [0.15, 0.2) is 0 Å². The number of amides is 2. The van der Waals surface area contributed by atoms with Crippen molar-refractivity contribution in [3.8, 4) is 5.75 Å². The number of rotatable bonds is 6. The number of nitrogens with one attached hydrogen (secondary N) is 1. The predicted molar refractivity (Wildman–Crippen MR) is 116 cm³/mol. The van der Waals surface area contributed by atoms with Crippen LogP contribution in [0.15, 0.2) is 24.3 Å². The van der Waals surface area contributed by atoms with Crippen molar-refractivity contribution in [2.24, 2.45) is 0 Å². The Kier molecular flexibility index (Phi) is 7.27. The van der Waals surface area contributed by atoms with E-state index in [4.69, 9.17) is 14.2 Å². The van der Waals surface area contributed by atoms with E-state index in [9.17, 15) is 9.59 Å². The molecule has 1 heterocycles. The summed E-state index contributed by atoms with van der Waals surface area (Å²) in [6, 6.07) is 7.62. The average molecular weight is 421 g/mol. The maximum atomic E-state index is 12.5. The van der Waals surface area contributed by atoms with Crippen LogP contribution in [-0.4, -0.2) is 48.0 Å². The van der Waals surface area contributed by atoms with Crippen LogP contribution in [0.1, 0.15) is 66.9 Å². The third-order valence-corrected chi connectivity index (χ3v) is 4.49. The van der Waals surface area contributed by atoms with Gasteiger partial charge in [0, 0.05) is 0 Å². The van der Waals surface area contributed by atoms with Gasteiger partial charge in [0.25, 0.3) is 0 Å². The first-order valence-electron chi connectivity index (χ1n) is 10.6. The lowest BCUT2D eigenvalue weighted by atomic mass is 9.82. The molecule has 7 nitrogen and oxygen atoms in total. The largest absolute Gasteiger partial charge is 0.494 e. The lowest BCUT2D eigenvalue weighted by Crippen LogP contribution is -2.69. The molecule has 2 rings (SSSR count). The van der Waals surface area contributed by atoms with Crippen LogP contribution in [-0.2, 0) is 15.0 Å². The highest BCUT2D eigenvalue weighted by Crippen LogP contribution is 2.34. The Hall–Kier alpha value is -2.44. The molecular formula is C23H36N2O5. The molecule has 1 aromatic carbocycles. The highest BCUT2D eigenvalue weighted by Gasteiger charge is 2.49. The Labute approximate surface area is 180 Å². The molecule has 0 bridgehead atoms. The van der Waals surface area contributed by atoms with Gasteiger partial charge in [-0.3, -0.25) is 0 Å². The van der Waals surface area contributed by atoms with Crippen molar-refractivity contribution in [1.82, 2.24) is 10.2 Å². The zero-order chi connectivity index (χ0) is 22.6. The number of unbranched alkanes of at least 4 members (excludes halogenated alkanes) is 1. The van der Waals surface area contributed by atoms with Gasteiger partial charge in [0.05, 0.1) is 19.7 Å². The maximum absolute atomic E-state index is 12.5. The van der Waals surface area contributed by atoms with E-state index in [2.05, 4.69) is 12.2 Å². The number of likely N-dealkylation sites (tertiary alicyclic amines) is 1. The fourth-order valence-electron chi connectivity index (χ4n) is 3.10. The summed E-state index contributed by atoms with van der Waals surface area (Å²) in [5.74, 6) is 0.780. The average Bonchev–Trinajstić information content (AvgIpc) is 2.55. The zero-order valence-electron chi connectivity index (χ0n) is 19.3. The molecule has 168 valence electrons. The molecular weight excluding hydrogens is 384 g/mol. The number of carbonyl (C=O) groups is 2. The number of alkyl carbamates (subject to hydrolysis) is 1. The third-order valence-electron chi connectivity index (χ3n) is 4.49. The first-order valence-corrected chi connectivity index (χ1v) is 10.6. The Bertz CT molecular complexity index is 725. The summed E-state index contributed by atoms with van der Waals surface area (Å²) in [6.07, 6.45) is 1.15. The van der Waals surface area contributed by atoms with E-state index >= 15 is 0 Å². The molecule has 0 aliphatic carbocycles. The molecule has 30 heavy (non-hydrogen) atoms. The molecule has 7 heteroatoms. The van der Waals surface area contributed by atoms with Crippen LogP contribution >= 0.6 is 0 Å². The van der Waals surface area contributed by atoms with Crippen molar-refractivity contribution < 1.29 is 23.8 Å². The SMILES string of the molecule is CCCCOc1ccc(C2(NC(=O)OC(C)(C)C)CN(C(=O)OC(C)(C)C)C2)cc1. The molecule has 2 amide bonds. The van der Waals surface area contributed by atoms with E-state index in [1.54, 1.807) is 4.90 Å². The van der Waals surface area contributed by atoms with E-state index in [0.29, 0.717) is 19.7 Å². The van der Waals surface area contributed by atoms with Crippen LogP contribution in [0.25, 0.3) is 0 Å². The van der Waals surface area contributed by atoms with Gasteiger partial charge >= 0.3 is 12.2 Å². The number of benzene rings is 1. The summed E-state index contributed by atoms with van der Waals surface area (Å²) < 4.78 is 16.6. The summed E-state index contributed by atoms with van der Waals surface area (Å²) in [7, 11) is 0. The van der Waals surface area contributed by atoms with Gasteiger partial charge in [-0.15, -0.1) is 0 Å². The van der Waals surface area contributed by atoms with Gasteiger partial charge in [-0.05, 0) is 65.7 Å². The summed E-state index contributed by atoms with van der Waals surface area (Å²) in [5, 5.41) is 2.97. The van der Waals surface area contributed by atoms with Crippen molar-refractivity contribution in [3.05, 3.63) is 29.8 Å². The van der Waals surface area contributed by atoms with Crippen LogP contribution < -0.4 is 10.1 Å². The molecule has 0 aromatic heterocycles. The highest BCUT2D eigenvalue weighted by molar-refractivity contribution is 5.73. The van der Waals surface area contributed by atoms with Crippen LogP contribution in [0.2, 0.25) is 0 Å². The quantitative estimate of drug-likeness (QED) is 0.667. The normalized spacial score (nSPS) is 15.8. The molecule has 1 N–H and O–H groups in total. The van der Waals surface area contributed by atoms with E-state index < -0.39 is 28.9 Å². The van der Waals surface area contributed by atoms with Gasteiger partial charge in [-0.25, -0.2) is 9.59 Å². The topological polar surface area (TPSA) is 77.1 Å². The van der Waals surface area contributed by atoms with E-state index in [1.165, 1.54) is 0 Å². The molecule has 0 radical (unpaired) electrons. The number of nitrogens with zero attached hydrogens (tertiary/aromatic N) is 1. The van der Waals surface area contributed by atoms with Crippen LogP contribution in [0, 0.1) is 0 Å². The lowest BCUT2D eigenvalue weighted by molar-refractivity contribution is -0.0230. The van der Waals surface area contributed by atoms with Crippen LogP contribution in [0.5, 0.6) is 5.75 Å². The summed E-state index contributed by atoms with van der Waals surface area (Å²) >= 11 is 0. The van der Waals surface area contributed by atoms with E-state index in [-0.39, 0.29) is 0 Å². The van der Waals surface area contributed by atoms with Crippen molar-refractivity contribution in [3.63, 3.8) is 0 Å². The van der Waals surface area contributed by atoms with Crippen molar-refractivity contribution in [1.29, 1.82) is 0 Å². The second-order valence-electron chi connectivity index (χ2n) is 9.77. The maximum Gasteiger partial charge on any atom is 0.410 e. The first-order chi connectivity index (χ1) is 13.8. The molecule has 0 saturated carbocycles. The smallest absolute Gasteiger partial charge is 0.410 e. The zero-order valence-corrected chi connectivity index (χ0v) is 19.3. The van der Waals surface area contributed by atoms with Gasteiger partial charge in [0.1, 0.15) is 22.5 Å². The van der Waals surface area contributed by atoms with Crippen molar-refractivity contribution >= 4 is 12.2 Å². The second-order valence-corrected chi connectivity index (χ2v) is 9.77. The summed E-state index contributed by atoms with van der Waals surface area (Å²) in [5.41, 5.74) is -1.04.